The first-order chi connectivity index (χ1) is 9.70. The summed E-state index contributed by atoms with van der Waals surface area (Å²) in [5.74, 6) is 0.742. The standard InChI is InChI=1S/C16H27N3O/c1-4-9-17-12-14-5-8-16(18-13(14)2)20-11-10-19(3)15-6-7-15/h5,8,15,17H,4,6-7,9-12H2,1-3H3. The summed E-state index contributed by atoms with van der Waals surface area (Å²) in [6, 6.07) is 4.89. The maximum absolute atomic E-state index is 5.74. The smallest absolute Gasteiger partial charge is 0.213 e. The van der Waals surface area contributed by atoms with Gasteiger partial charge < -0.3 is 15.0 Å². The number of nitrogens with one attached hydrogen (secondary N) is 1. The van der Waals surface area contributed by atoms with Gasteiger partial charge in [0.15, 0.2) is 0 Å². The molecule has 0 atom stereocenters. The second kappa shape index (κ2) is 7.60. The van der Waals surface area contributed by atoms with Crippen LogP contribution in [-0.4, -0.2) is 42.7 Å². The Morgan fingerprint density at radius 2 is 2.20 bits per heavy atom. The minimum absolute atomic E-state index is 0.715. The topological polar surface area (TPSA) is 37.4 Å². The summed E-state index contributed by atoms with van der Waals surface area (Å²) in [7, 11) is 2.17. The molecule has 1 aromatic rings. The first-order valence-electron chi connectivity index (χ1n) is 7.71. The summed E-state index contributed by atoms with van der Waals surface area (Å²) in [4.78, 5) is 6.90. The van der Waals surface area contributed by atoms with E-state index in [1.54, 1.807) is 0 Å². The second-order valence-corrected chi connectivity index (χ2v) is 5.63. The van der Waals surface area contributed by atoms with E-state index in [4.69, 9.17) is 4.74 Å². The Hall–Kier alpha value is -1.13. The predicted molar refractivity (Wildman–Crippen MR) is 82.1 cm³/mol. The molecule has 20 heavy (non-hydrogen) atoms. The van der Waals surface area contributed by atoms with E-state index in [1.807, 2.05) is 13.0 Å². The predicted octanol–water partition coefficient (Wildman–Crippen LogP) is 2.36. The van der Waals surface area contributed by atoms with Crippen molar-refractivity contribution in [2.75, 3.05) is 26.7 Å². The van der Waals surface area contributed by atoms with E-state index in [0.717, 1.165) is 43.7 Å². The largest absolute Gasteiger partial charge is 0.476 e. The number of rotatable bonds is 9. The molecule has 1 aromatic heterocycles. The number of pyridine rings is 1. The molecular formula is C16H27N3O. The molecule has 0 unspecified atom stereocenters. The lowest BCUT2D eigenvalue weighted by atomic mass is 10.2. The summed E-state index contributed by atoms with van der Waals surface area (Å²) in [5, 5.41) is 3.40. The lowest BCUT2D eigenvalue weighted by Gasteiger charge is -2.16. The molecule has 1 fully saturated rings. The van der Waals surface area contributed by atoms with Crippen molar-refractivity contribution in [1.82, 2.24) is 15.2 Å². The quantitative estimate of drug-likeness (QED) is 0.703. The van der Waals surface area contributed by atoms with Gasteiger partial charge in [0.05, 0.1) is 0 Å². The minimum Gasteiger partial charge on any atom is -0.476 e. The first kappa shape index (κ1) is 15.3. The molecule has 0 spiro atoms. The maximum Gasteiger partial charge on any atom is 0.213 e. The zero-order valence-corrected chi connectivity index (χ0v) is 13.0. The van der Waals surface area contributed by atoms with Gasteiger partial charge in [-0.3, -0.25) is 0 Å². The van der Waals surface area contributed by atoms with Crippen LogP contribution in [0.3, 0.4) is 0 Å². The molecule has 2 rings (SSSR count). The van der Waals surface area contributed by atoms with Crippen molar-refractivity contribution in [2.24, 2.45) is 0 Å². The highest BCUT2D eigenvalue weighted by Gasteiger charge is 2.25. The molecule has 1 aliphatic carbocycles. The van der Waals surface area contributed by atoms with Crippen molar-refractivity contribution >= 4 is 0 Å². The fourth-order valence-corrected chi connectivity index (χ4v) is 2.23. The van der Waals surface area contributed by atoms with Crippen LogP contribution in [0.1, 0.15) is 37.4 Å². The first-order valence-corrected chi connectivity index (χ1v) is 7.71. The monoisotopic (exact) mass is 277 g/mol. The molecule has 4 heteroatoms. The van der Waals surface area contributed by atoms with Crippen molar-refractivity contribution in [3.8, 4) is 5.88 Å². The van der Waals surface area contributed by atoms with Gasteiger partial charge in [-0.1, -0.05) is 13.0 Å². The highest BCUT2D eigenvalue weighted by atomic mass is 16.5. The Bertz CT molecular complexity index is 418. The van der Waals surface area contributed by atoms with E-state index in [1.165, 1.54) is 18.4 Å². The second-order valence-electron chi connectivity index (χ2n) is 5.63. The highest BCUT2D eigenvalue weighted by molar-refractivity contribution is 5.24. The fourth-order valence-electron chi connectivity index (χ4n) is 2.23. The lowest BCUT2D eigenvalue weighted by molar-refractivity contribution is 0.226. The van der Waals surface area contributed by atoms with Crippen LogP contribution < -0.4 is 10.1 Å². The van der Waals surface area contributed by atoms with Crippen molar-refractivity contribution in [3.05, 3.63) is 23.4 Å². The maximum atomic E-state index is 5.74. The highest BCUT2D eigenvalue weighted by Crippen LogP contribution is 2.24. The fraction of sp³-hybridized carbons (Fsp3) is 0.688. The van der Waals surface area contributed by atoms with Gasteiger partial charge in [-0.05, 0) is 45.3 Å². The Morgan fingerprint density at radius 1 is 1.40 bits per heavy atom. The van der Waals surface area contributed by atoms with E-state index >= 15 is 0 Å². The Kier molecular flexibility index (Phi) is 5.80. The molecule has 0 radical (unpaired) electrons. The molecule has 0 bridgehead atoms. The third-order valence-corrected chi connectivity index (χ3v) is 3.78. The number of aryl methyl sites for hydroxylation is 1. The molecule has 1 heterocycles. The molecule has 0 amide bonds. The van der Waals surface area contributed by atoms with E-state index in [9.17, 15) is 0 Å². The van der Waals surface area contributed by atoms with Crippen LogP contribution >= 0.6 is 0 Å². The van der Waals surface area contributed by atoms with Crippen molar-refractivity contribution in [3.63, 3.8) is 0 Å². The number of likely N-dealkylation sites (N-methyl/N-ethyl adjacent to an activating group) is 1. The van der Waals surface area contributed by atoms with Gasteiger partial charge in [0.1, 0.15) is 6.61 Å². The molecule has 112 valence electrons. The molecule has 0 aromatic carbocycles. The van der Waals surface area contributed by atoms with Crippen molar-refractivity contribution < 1.29 is 4.74 Å². The van der Waals surface area contributed by atoms with Crippen molar-refractivity contribution in [1.29, 1.82) is 0 Å². The average Bonchev–Trinajstić information content (AvgIpc) is 3.25. The number of hydrogen-bond donors (Lipinski definition) is 1. The van der Waals surface area contributed by atoms with E-state index in [-0.39, 0.29) is 0 Å². The third-order valence-electron chi connectivity index (χ3n) is 3.78. The summed E-state index contributed by atoms with van der Waals surface area (Å²) in [5.41, 5.74) is 2.31. The summed E-state index contributed by atoms with van der Waals surface area (Å²) in [6.07, 6.45) is 3.84. The van der Waals surface area contributed by atoms with E-state index in [2.05, 4.69) is 35.2 Å². The molecule has 4 nitrogen and oxygen atoms in total. The van der Waals surface area contributed by atoms with Gasteiger partial charge in [0.25, 0.3) is 0 Å². The van der Waals surface area contributed by atoms with Crippen LogP contribution in [0.4, 0.5) is 0 Å². The van der Waals surface area contributed by atoms with Gasteiger partial charge in [-0.15, -0.1) is 0 Å². The molecule has 1 saturated carbocycles. The molecular weight excluding hydrogens is 250 g/mol. The van der Waals surface area contributed by atoms with Crippen LogP contribution in [0, 0.1) is 6.92 Å². The van der Waals surface area contributed by atoms with Crippen LogP contribution in [0.5, 0.6) is 5.88 Å². The minimum atomic E-state index is 0.715. The average molecular weight is 277 g/mol. The van der Waals surface area contributed by atoms with Crippen molar-refractivity contribution in [2.45, 2.75) is 45.7 Å². The zero-order valence-electron chi connectivity index (χ0n) is 13.0. The van der Waals surface area contributed by atoms with Gasteiger partial charge >= 0.3 is 0 Å². The van der Waals surface area contributed by atoms with Gasteiger partial charge in [-0.25, -0.2) is 4.98 Å². The van der Waals surface area contributed by atoms with Gasteiger partial charge in [-0.2, -0.15) is 0 Å². The lowest BCUT2D eigenvalue weighted by Crippen LogP contribution is -2.26. The summed E-state index contributed by atoms with van der Waals surface area (Å²) < 4.78 is 5.74. The molecule has 0 saturated heterocycles. The van der Waals surface area contributed by atoms with E-state index < -0.39 is 0 Å². The third kappa shape index (κ3) is 4.76. The van der Waals surface area contributed by atoms with E-state index in [0.29, 0.717) is 6.61 Å². The normalized spacial score (nSPS) is 14.8. The Morgan fingerprint density at radius 3 is 2.85 bits per heavy atom. The summed E-state index contributed by atoms with van der Waals surface area (Å²) in [6.45, 7) is 7.85. The van der Waals surface area contributed by atoms with Crippen LogP contribution in [0.25, 0.3) is 0 Å². The number of hydrogen-bond acceptors (Lipinski definition) is 4. The van der Waals surface area contributed by atoms with Crippen LogP contribution in [-0.2, 0) is 6.54 Å². The molecule has 1 aliphatic rings. The van der Waals surface area contributed by atoms with Gasteiger partial charge in [0, 0.05) is 30.9 Å². The number of aromatic nitrogens is 1. The zero-order chi connectivity index (χ0) is 14.4. The van der Waals surface area contributed by atoms with Gasteiger partial charge in [0.2, 0.25) is 5.88 Å². The van der Waals surface area contributed by atoms with Crippen LogP contribution in [0.15, 0.2) is 12.1 Å². The Labute approximate surface area is 122 Å². The number of ether oxygens (including phenoxy) is 1. The molecule has 0 aliphatic heterocycles. The van der Waals surface area contributed by atoms with Crippen LogP contribution in [0.2, 0.25) is 0 Å². The number of nitrogens with zero attached hydrogens (tertiary/aromatic N) is 2. The molecule has 1 N–H and O–H groups in total. The Balaban J connectivity index is 1.75. The SMILES string of the molecule is CCCNCc1ccc(OCCN(C)C2CC2)nc1C. The summed E-state index contributed by atoms with van der Waals surface area (Å²) >= 11 is 0.